The first kappa shape index (κ1) is 23.6. The molecule has 1 aliphatic carbocycles. The molecule has 1 atom stereocenters. The van der Waals surface area contributed by atoms with Gasteiger partial charge in [0.2, 0.25) is 0 Å². The second-order valence-corrected chi connectivity index (χ2v) is 10.6. The van der Waals surface area contributed by atoms with Gasteiger partial charge in [0.1, 0.15) is 5.60 Å². The summed E-state index contributed by atoms with van der Waals surface area (Å²) in [6.45, 7) is 9.93. The second kappa shape index (κ2) is 8.32. The van der Waals surface area contributed by atoms with Crippen molar-refractivity contribution < 1.29 is 19.4 Å². The third-order valence-electron chi connectivity index (χ3n) is 7.35. The van der Waals surface area contributed by atoms with Gasteiger partial charge in [-0.1, -0.05) is 55.3 Å². The Bertz CT molecular complexity index is 1130. The number of aryl methyl sites for hydroxylation is 3. The average Bonchev–Trinajstić information content (AvgIpc) is 3.27. The van der Waals surface area contributed by atoms with Gasteiger partial charge in [-0.2, -0.15) is 0 Å². The third kappa shape index (κ3) is 3.89. The molecular formula is C28H31ClO4. The maximum Gasteiger partial charge on any atom is 0.339 e. The van der Waals surface area contributed by atoms with Crippen molar-refractivity contribution in [1.29, 1.82) is 0 Å². The molecule has 4 rings (SSSR count). The molecule has 174 valence electrons. The zero-order chi connectivity index (χ0) is 24.1. The summed E-state index contributed by atoms with van der Waals surface area (Å²) in [6, 6.07) is 11.1. The summed E-state index contributed by atoms with van der Waals surface area (Å²) in [4.78, 5) is 26.2. The lowest BCUT2D eigenvalue weighted by atomic mass is 9.63. The number of carbonyl (C=O) groups excluding carboxylic acids is 1. The lowest BCUT2D eigenvalue weighted by molar-refractivity contribution is -0.145. The lowest BCUT2D eigenvalue weighted by Gasteiger charge is -2.40. The summed E-state index contributed by atoms with van der Waals surface area (Å²) in [7, 11) is 0. The van der Waals surface area contributed by atoms with Gasteiger partial charge in [0.15, 0.2) is 0 Å². The number of benzene rings is 2. The van der Waals surface area contributed by atoms with Crippen LogP contribution < -0.4 is 0 Å². The predicted molar refractivity (Wildman–Crippen MR) is 130 cm³/mol. The van der Waals surface area contributed by atoms with Crippen LogP contribution in [-0.4, -0.2) is 22.6 Å². The molecule has 1 aliphatic heterocycles. The quantitative estimate of drug-likeness (QED) is 0.493. The fraction of sp³-hybridized carbons (Fsp3) is 0.429. The van der Waals surface area contributed by atoms with Crippen molar-refractivity contribution in [2.45, 2.75) is 71.8 Å². The van der Waals surface area contributed by atoms with E-state index >= 15 is 0 Å². The smallest absolute Gasteiger partial charge is 0.339 e. The fourth-order valence-electron chi connectivity index (χ4n) is 6.29. The van der Waals surface area contributed by atoms with Gasteiger partial charge in [-0.3, -0.25) is 4.79 Å². The van der Waals surface area contributed by atoms with E-state index in [0.29, 0.717) is 16.2 Å². The number of halogens is 1. The molecule has 1 saturated carbocycles. The fourth-order valence-corrected chi connectivity index (χ4v) is 6.41. The van der Waals surface area contributed by atoms with Gasteiger partial charge >= 0.3 is 11.9 Å². The summed E-state index contributed by atoms with van der Waals surface area (Å²) in [6.07, 6.45) is 3.34. The molecule has 0 bridgehead atoms. The number of carboxylic acids is 1. The molecule has 0 amide bonds. The Morgan fingerprint density at radius 3 is 2.12 bits per heavy atom. The summed E-state index contributed by atoms with van der Waals surface area (Å²) < 4.78 is 6.17. The normalized spacial score (nSPS) is 18.7. The Morgan fingerprint density at radius 1 is 1.06 bits per heavy atom. The van der Waals surface area contributed by atoms with Crippen LogP contribution in [0.3, 0.4) is 0 Å². The van der Waals surface area contributed by atoms with E-state index in [1.165, 1.54) is 0 Å². The standard InChI is InChI=1S/C28H31ClO4/c1-16-14-17(2)21(18(3)15-16)22-24(28(33-26(22)32)12-6-7-13-28)27(4,5)23(25(30)31)19-8-10-20(29)11-9-19/h8-11,14-15,23H,6-7,12-13H2,1-5H3,(H,30,31). The van der Waals surface area contributed by atoms with E-state index in [1.54, 1.807) is 24.3 Å². The van der Waals surface area contributed by atoms with Gasteiger partial charge < -0.3 is 9.84 Å². The van der Waals surface area contributed by atoms with Gasteiger partial charge in [0.05, 0.1) is 11.5 Å². The first-order valence-corrected chi connectivity index (χ1v) is 11.9. The number of carbonyl (C=O) groups is 2. The molecule has 0 saturated heterocycles. The number of hydrogen-bond donors (Lipinski definition) is 1. The molecule has 2 aromatic carbocycles. The van der Waals surface area contributed by atoms with Crippen molar-refractivity contribution in [3.05, 3.63) is 74.8 Å². The molecule has 2 aromatic rings. The largest absolute Gasteiger partial charge is 0.481 e. The van der Waals surface area contributed by atoms with Crippen molar-refractivity contribution in [1.82, 2.24) is 0 Å². The summed E-state index contributed by atoms with van der Waals surface area (Å²) in [5.41, 5.74) is 4.41. The highest BCUT2D eigenvalue weighted by Crippen LogP contribution is 2.58. The minimum atomic E-state index is -0.931. The molecule has 5 heteroatoms. The van der Waals surface area contributed by atoms with E-state index in [1.807, 2.05) is 34.6 Å². The number of esters is 1. The minimum Gasteiger partial charge on any atom is -0.481 e. The van der Waals surface area contributed by atoms with E-state index in [-0.39, 0.29) is 5.97 Å². The van der Waals surface area contributed by atoms with Gasteiger partial charge in [-0.25, -0.2) is 4.79 Å². The summed E-state index contributed by atoms with van der Waals surface area (Å²) in [5.74, 6) is -2.13. The SMILES string of the molecule is Cc1cc(C)c(C2=C(C(C)(C)C(C(=O)O)c3ccc(Cl)cc3)C3(CCCC3)OC2=O)c(C)c1. The Balaban J connectivity index is 2.02. The molecular weight excluding hydrogens is 436 g/mol. The van der Waals surface area contributed by atoms with Gasteiger partial charge in [0.25, 0.3) is 0 Å². The zero-order valence-electron chi connectivity index (χ0n) is 19.9. The Labute approximate surface area is 200 Å². The topological polar surface area (TPSA) is 63.6 Å². The van der Waals surface area contributed by atoms with Crippen LogP contribution >= 0.6 is 11.6 Å². The van der Waals surface area contributed by atoms with Crippen molar-refractivity contribution in [3.63, 3.8) is 0 Å². The molecule has 1 N–H and O–H groups in total. The number of carboxylic acid groups (broad SMARTS) is 1. The van der Waals surface area contributed by atoms with Crippen LogP contribution in [0.4, 0.5) is 0 Å². The van der Waals surface area contributed by atoms with Crippen LogP contribution in [0.1, 0.15) is 73.3 Å². The molecule has 1 spiro atoms. The van der Waals surface area contributed by atoms with Crippen LogP contribution in [0.5, 0.6) is 0 Å². The third-order valence-corrected chi connectivity index (χ3v) is 7.60. The number of ether oxygens (including phenoxy) is 1. The molecule has 0 aromatic heterocycles. The first-order valence-electron chi connectivity index (χ1n) is 11.5. The van der Waals surface area contributed by atoms with Crippen LogP contribution in [0.2, 0.25) is 5.02 Å². The van der Waals surface area contributed by atoms with Crippen molar-refractivity contribution in [2.75, 3.05) is 0 Å². The van der Waals surface area contributed by atoms with Gasteiger partial charge in [-0.05, 0) is 86.4 Å². The van der Waals surface area contributed by atoms with Crippen LogP contribution in [0, 0.1) is 26.2 Å². The highest BCUT2D eigenvalue weighted by atomic mass is 35.5. The van der Waals surface area contributed by atoms with E-state index in [2.05, 4.69) is 12.1 Å². The van der Waals surface area contributed by atoms with E-state index in [4.69, 9.17) is 16.3 Å². The van der Waals surface area contributed by atoms with E-state index < -0.39 is 22.9 Å². The number of aliphatic carboxylic acids is 1. The molecule has 4 nitrogen and oxygen atoms in total. The Kier molecular flexibility index (Phi) is 5.94. The maximum atomic E-state index is 13.5. The van der Waals surface area contributed by atoms with Crippen LogP contribution in [-0.2, 0) is 14.3 Å². The lowest BCUT2D eigenvalue weighted by Crippen LogP contribution is -2.40. The summed E-state index contributed by atoms with van der Waals surface area (Å²) in [5, 5.41) is 11.0. The number of hydrogen-bond acceptors (Lipinski definition) is 3. The Morgan fingerprint density at radius 2 is 1.61 bits per heavy atom. The highest BCUT2D eigenvalue weighted by molar-refractivity contribution is 6.30. The van der Waals surface area contributed by atoms with Gasteiger partial charge in [-0.15, -0.1) is 0 Å². The monoisotopic (exact) mass is 466 g/mol. The van der Waals surface area contributed by atoms with Crippen molar-refractivity contribution in [3.8, 4) is 0 Å². The summed E-state index contributed by atoms with van der Waals surface area (Å²) >= 11 is 6.08. The van der Waals surface area contributed by atoms with Gasteiger partial charge in [0, 0.05) is 10.4 Å². The predicted octanol–water partition coefficient (Wildman–Crippen LogP) is 6.78. The molecule has 2 aliphatic rings. The van der Waals surface area contributed by atoms with E-state index in [9.17, 15) is 14.7 Å². The average molecular weight is 467 g/mol. The van der Waals surface area contributed by atoms with Crippen LogP contribution in [0.25, 0.3) is 5.57 Å². The molecule has 33 heavy (non-hydrogen) atoms. The second-order valence-electron chi connectivity index (χ2n) is 10.2. The van der Waals surface area contributed by atoms with Crippen molar-refractivity contribution >= 4 is 29.1 Å². The molecule has 1 fully saturated rings. The van der Waals surface area contributed by atoms with Crippen LogP contribution in [0.15, 0.2) is 42.0 Å². The van der Waals surface area contributed by atoms with E-state index in [0.717, 1.165) is 53.5 Å². The molecule has 1 unspecified atom stereocenters. The highest BCUT2D eigenvalue weighted by Gasteiger charge is 2.57. The maximum absolute atomic E-state index is 13.5. The number of rotatable bonds is 5. The first-order chi connectivity index (χ1) is 15.5. The van der Waals surface area contributed by atoms with Crippen molar-refractivity contribution in [2.24, 2.45) is 5.41 Å². The minimum absolute atomic E-state index is 0.338. The molecule has 1 heterocycles. The Hall–Kier alpha value is -2.59. The molecule has 0 radical (unpaired) electrons. The zero-order valence-corrected chi connectivity index (χ0v) is 20.7.